The number of anilines is 2. The molecule has 19 heavy (non-hydrogen) atoms. The Morgan fingerprint density at radius 2 is 1.74 bits per heavy atom. The largest absolute Gasteiger partial charge is 0.355 e. The van der Waals surface area contributed by atoms with Crippen LogP contribution in [0.2, 0.25) is 0 Å². The van der Waals surface area contributed by atoms with Crippen molar-refractivity contribution < 1.29 is 9.72 Å². The molecular weight excluding hydrogens is 244 g/mol. The van der Waals surface area contributed by atoms with Crippen LogP contribution in [0.1, 0.15) is 17.3 Å². The number of Topliss-reactive ketones (excluding diaryl/α,β-unsaturated/α-hetero) is 1. The highest BCUT2D eigenvalue weighted by molar-refractivity contribution is 5.95. The van der Waals surface area contributed by atoms with E-state index in [-0.39, 0.29) is 11.5 Å². The number of nitro groups is 1. The lowest BCUT2D eigenvalue weighted by molar-refractivity contribution is -0.384. The molecular formula is C14H12N2O3. The number of carbonyl (C=O) groups excluding carboxylic acids is 1. The van der Waals surface area contributed by atoms with Crippen molar-refractivity contribution in [1.29, 1.82) is 0 Å². The van der Waals surface area contributed by atoms with Crippen LogP contribution >= 0.6 is 0 Å². The Morgan fingerprint density at radius 1 is 1.11 bits per heavy atom. The van der Waals surface area contributed by atoms with Crippen LogP contribution in [0, 0.1) is 10.1 Å². The van der Waals surface area contributed by atoms with Gasteiger partial charge in [-0.1, -0.05) is 18.2 Å². The zero-order chi connectivity index (χ0) is 13.8. The molecule has 0 unspecified atom stereocenters. The summed E-state index contributed by atoms with van der Waals surface area (Å²) in [6.45, 7) is 1.49. The molecule has 0 fully saturated rings. The molecule has 0 aromatic heterocycles. The van der Waals surface area contributed by atoms with Crippen molar-refractivity contribution in [2.24, 2.45) is 0 Å². The molecule has 0 bridgehead atoms. The smallest absolute Gasteiger partial charge is 0.271 e. The minimum Gasteiger partial charge on any atom is -0.355 e. The van der Waals surface area contributed by atoms with Crippen molar-refractivity contribution >= 4 is 22.8 Å². The van der Waals surface area contributed by atoms with Gasteiger partial charge in [-0.2, -0.15) is 0 Å². The molecule has 5 nitrogen and oxygen atoms in total. The van der Waals surface area contributed by atoms with Crippen molar-refractivity contribution in [1.82, 2.24) is 0 Å². The van der Waals surface area contributed by atoms with Crippen LogP contribution in [0.15, 0.2) is 48.5 Å². The van der Waals surface area contributed by atoms with E-state index in [9.17, 15) is 14.9 Å². The fraction of sp³-hybridized carbons (Fsp3) is 0.0714. The van der Waals surface area contributed by atoms with Crippen molar-refractivity contribution in [3.63, 3.8) is 0 Å². The van der Waals surface area contributed by atoms with Crippen molar-refractivity contribution in [3.05, 3.63) is 64.2 Å². The number of nitrogens with one attached hydrogen (secondary N) is 1. The van der Waals surface area contributed by atoms with Gasteiger partial charge >= 0.3 is 0 Å². The first kappa shape index (κ1) is 12.8. The summed E-state index contributed by atoms with van der Waals surface area (Å²) in [5, 5.41) is 13.7. The number of nitro benzene ring substituents is 1. The monoisotopic (exact) mass is 256 g/mol. The summed E-state index contributed by atoms with van der Waals surface area (Å²) >= 11 is 0. The average molecular weight is 256 g/mol. The molecule has 0 aliphatic carbocycles. The number of benzene rings is 2. The zero-order valence-corrected chi connectivity index (χ0v) is 10.3. The van der Waals surface area contributed by atoms with Crippen molar-refractivity contribution in [2.75, 3.05) is 5.32 Å². The number of hydrogen-bond acceptors (Lipinski definition) is 4. The van der Waals surface area contributed by atoms with Gasteiger partial charge in [0.25, 0.3) is 5.69 Å². The highest BCUT2D eigenvalue weighted by atomic mass is 16.6. The lowest BCUT2D eigenvalue weighted by Gasteiger charge is -2.07. The maximum Gasteiger partial charge on any atom is 0.271 e. The lowest BCUT2D eigenvalue weighted by atomic mass is 10.1. The molecule has 0 radical (unpaired) electrons. The second-order valence-corrected chi connectivity index (χ2v) is 4.07. The highest BCUT2D eigenvalue weighted by Gasteiger charge is 2.06. The standard InChI is InChI=1S/C14H12N2O3/c1-10(17)11-4-2-5-12(8-11)15-13-6-3-7-14(9-13)16(18)19/h2-9,15H,1H3. The van der Waals surface area contributed by atoms with Gasteiger partial charge in [0.2, 0.25) is 0 Å². The van der Waals surface area contributed by atoms with Gasteiger partial charge in [0.1, 0.15) is 0 Å². The van der Waals surface area contributed by atoms with Gasteiger partial charge < -0.3 is 5.32 Å². The first-order chi connectivity index (χ1) is 9.06. The molecule has 2 aromatic rings. The van der Waals surface area contributed by atoms with Gasteiger partial charge in [-0.05, 0) is 25.1 Å². The van der Waals surface area contributed by atoms with Crippen LogP contribution in [0.3, 0.4) is 0 Å². The van der Waals surface area contributed by atoms with Crippen LogP contribution in [-0.4, -0.2) is 10.7 Å². The lowest BCUT2D eigenvalue weighted by Crippen LogP contribution is -1.96. The fourth-order valence-electron chi connectivity index (χ4n) is 1.68. The van der Waals surface area contributed by atoms with Crippen LogP contribution in [0.25, 0.3) is 0 Å². The van der Waals surface area contributed by atoms with E-state index in [1.54, 1.807) is 36.4 Å². The highest BCUT2D eigenvalue weighted by Crippen LogP contribution is 2.22. The van der Waals surface area contributed by atoms with E-state index >= 15 is 0 Å². The minimum absolute atomic E-state index is 0.0210. The fourth-order valence-corrected chi connectivity index (χ4v) is 1.68. The Hall–Kier alpha value is -2.69. The summed E-state index contributed by atoms with van der Waals surface area (Å²) in [5.74, 6) is -0.0253. The van der Waals surface area contributed by atoms with Crippen LogP contribution in [0.5, 0.6) is 0 Å². The van der Waals surface area contributed by atoms with Gasteiger partial charge in [0.05, 0.1) is 4.92 Å². The zero-order valence-electron chi connectivity index (χ0n) is 10.3. The van der Waals surface area contributed by atoms with E-state index in [4.69, 9.17) is 0 Å². The maximum atomic E-state index is 11.3. The Labute approximate surface area is 110 Å². The SMILES string of the molecule is CC(=O)c1cccc(Nc2cccc([N+](=O)[O-])c2)c1. The summed E-state index contributed by atoms with van der Waals surface area (Å²) in [5.41, 5.74) is 1.94. The minimum atomic E-state index is -0.447. The molecule has 0 aliphatic rings. The van der Waals surface area contributed by atoms with E-state index in [0.717, 1.165) is 0 Å². The summed E-state index contributed by atoms with van der Waals surface area (Å²) in [4.78, 5) is 21.5. The Balaban J connectivity index is 2.26. The number of hydrogen-bond donors (Lipinski definition) is 1. The molecule has 1 N–H and O–H groups in total. The number of rotatable bonds is 4. The van der Waals surface area contributed by atoms with Crippen molar-refractivity contribution in [2.45, 2.75) is 6.92 Å². The third kappa shape index (κ3) is 3.16. The Morgan fingerprint density at radius 3 is 2.37 bits per heavy atom. The predicted octanol–water partition coefficient (Wildman–Crippen LogP) is 3.54. The van der Waals surface area contributed by atoms with E-state index in [0.29, 0.717) is 16.9 Å². The second kappa shape index (κ2) is 5.30. The number of non-ortho nitro benzene ring substituents is 1. The molecule has 0 atom stereocenters. The van der Waals surface area contributed by atoms with Gasteiger partial charge in [-0.15, -0.1) is 0 Å². The maximum absolute atomic E-state index is 11.3. The molecule has 96 valence electrons. The quantitative estimate of drug-likeness (QED) is 0.516. The second-order valence-electron chi connectivity index (χ2n) is 4.07. The summed E-state index contributed by atoms with van der Waals surface area (Å²) in [6.07, 6.45) is 0. The molecule has 2 aromatic carbocycles. The Kier molecular flexibility index (Phi) is 3.56. The average Bonchev–Trinajstić information content (AvgIpc) is 2.39. The summed E-state index contributed by atoms with van der Waals surface area (Å²) in [7, 11) is 0. The number of ketones is 1. The topological polar surface area (TPSA) is 72.2 Å². The van der Waals surface area contributed by atoms with Gasteiger partial charge in [0, 0.05) is 29.1 Å². The molecule has 0 aliphatic heterocycles. The predicted molar refractivity (Wildman–Crippen MR) is 72.8 cm³/mol. The van der Waals surface area contributed by atoms with E-state index in [1.807, 2.05) is 0 Å². The third-order valence-electron chi connectivity index (χ3n) is 2.61. The van der Waals surface area contributed by atoms with Crippen molar-refractivity contribution in [3.8, 4) is 0 Å². The van der Waals surface area contributed by atoms with Gasteiger partial charge in [0.15, 0.2) is 5.78 Å². The molecule has 0 spiro atoms. The normalized spacial score (nSPS) is 9.95. The molecule has 0 saturated carbocycles. The summed E-state index contributed by atoms with van der Waals surface area (Å²) < 4.78 is 0. The van der Waals surface area contributed by atoms with E-state index in [1.165, 1.54) is 19.1 Å². The molecule has 0 saturated heterocycles. The number of carbonyl (C=O) groups is 1. The molecule has 0 heterocycles. The van der Waals surface area contributed by atoms with Crippen LogP contribution < -0.4 is 5.32 Å². The molecule has 0 amide bonds. The molecule has 5 heteroatoms. The first-order valence-corrected chi connectivity index (χ1v) is 5.69. The van der Waals surface area contributed by atoms with Crippen LogP contribution in [-0.2, 0) is 0 Å². The Bertz CT molecular complexity index is 583. The third-order valence-corrected chi connectivity index (χ3v) is 2.61. The number of nitrogens with zero attached hydrogens (tertiary/aromatic N) is 1. The van der Waals surface area contributed by atoms with Crippen LogP contribution in [0.4, 0.5) is 17.1 Å². The van der Waals surface area contributed by atoms with E-state index in [2.05, 4.69) is 5.32 Å². The summed E-state index contributed by atoms with van der Waals surface area (Å²) in [6, 6.07) is 13.2. The van der Waals surface area contributed by atoms with Gasteiger partial charge in [-0.25, -0.2) is 0 Å². The van der Waals surface area contributed by atoms with Gasteiger partial charge in [-0.3, -0.25) is 14.9 Å². The van der Waals surface area contributed by atoms with E-state index < -0.39 is 4.92 Å². The molecule has 2 rings (SSSR count). The first-order valence-electron chi connectivity index (χ1n) is 5.69.